The summed E-state index contributed by atoms with van der Waals surface area (Å²) < 4.78 is 28.2. The third-order valence-corrected chi connectivity index (χ3v) is 5.02. The molecule has 1 aliphatic rings. The standard InChI is InChI=1S/C15H17ClN4O4S/c16-11-8-18-15(20-14(11)24-13-3-1-2-12(13)21)19-9-4-6-10(7-5-9)25(17,22)23/h4-8,12-13,21H,1-3H2,(H2,17,22,23)(H,18,19,20)/t12-,13+/m1/s1. The van der Waals surface area contributed by atoms with E-state index in [4.69, 9.17) is 21.5 Å². The first-order valence-corrected chi connectivity index (χ1v) is 9.52. The van der Waals surface area contributed by atoms with Gasteiger partial charge in [0, 0.05) is 5.69 Å². The number of ether oxygens (including phenoxy) is 1. The Morgan fingerprint density at radius 2 is 2.00 bits per heavy atom. The van der Waals surface area contributed by atoms with Gasteiger partial charge in [0.15, 0.2) is 0 Å². The van der Waals surface area contributed by atoms with Gasteiger partial charge in [0.05, 0.1) is 17.2 Å². The van der Waals surface area contributed by atoms with E-state index >= 15 is 0 Å². The molecule has 0 spiro atoms. The number of nitrogens with two attached hydrogens (primary N) is 1. The molecular formula is C15H17ClN4O4S. The number of nitrogens with one attached hydrogen (secondary N) is 1. The Kier molecular flexibility index (Phi) is 5.09. The maximum atomic E-state index is 11.3. The monoisotopic (exact) mass is 384 g/mol. The van der Waals surface area contributed by atoms with Crippen LogP contribution in [0.25, 0.3) is 0 Å². The molecule has 1 fully saturated rings. The van der Waals surface area contributed by atoms with Crippen LogP contribution >= 0.6 is 11.6 Å². The molecule has 4 N–H and O–H groups in total. The second-order valence-corrected chi connectivity index (χ2v) is 7.66. The number of benzene rings is 1. The molecule has 0 amide bonds. The third-order valence-electron chi connectivity index (χ3n) is 3.83. The van der Waals surface area contributed by atoms with Gasteiger partial charge in [-0.1, -0.05) is 11.6 Å². The summed E-state index contributed by atoms with van der Waals surface area (Å²) in [6, 6.07) is 5.83. The Bertz CT molecular complexity index is 860. The molecular weight excluding hydrogens is 368 g/mol. The van der Waals surface area contributed by atoms with Crippen molar-refractivity contribution in [3.8, 4) is 5.88 Å². The van der Waals surface area contributed by atoms with Crippen molar-refractivity contribution in [1.29, 1.82) is 0 Å². The number of rotatable bonds is 5. The van der Waals surface area contributed by atoms with Gasteiger partial charge >= 0.3 is 0 Å². The number of hydrogen-bond acceptors (Lipinski definition) is 7. The maximum Gasteiger partial charge on any atom is 0.238 e. The molecule has 0 radical (unpaired) electrons. The second kappa shape index (κ2) is 7.12. The molecule has 2 atom stereocenters. The van der Waals surface area contributed by atoms with Crippen molar-refractivity contribution in [2.45, 2.75) is 36.4 Å². The van der Waals surface area contributed by atoms with Crippen LogP contribution in [0.1, 0.15) is 19.3 Å². The zero-order valence-corrected chi connectivity index (χ0v) is 14.7. The summed E-state index contributed by atoms with van der Waals surface area (Å²) in [6.45, 7) is 0. The van der Waals surface area contributed by atoms with Crippen LogP contribution in [0.3, 0.4) is 0 Å². The van der Waals surface area contributed by atoms with E-state index in [0.29, 0.717) is 12.1 Å². The van der Waals surface area contributed by atoms with Gasteiger partial charge in [-0.2, -0.15) is 4.98 Å². The van der Waals surface area contributed by atoms with Crippen LogP contribution in [0.5, 0.6) is 5.88 Å². The predicted molar refractivity (Wildman–Crippen MR) is 92.4 cm³/mol. The summed E-state index contributed by atoms with van der Waals surface area (Å²) in [5.74, 6) is 0.418. The lowest BCUT2D eigenvalue weighted by Gasteiger charge is -2.17. The van der Waals surface area contributed by atoms with Gasteiger partial charge in [0.1, 0.15) is 11.1 Å². The average molecular weight is 385 g/mol. The van der Waals surface area contributed by atoms with Crippen LogP contribution in [-0.4, -0.2) is 35.7 Å². The van der Waals surface area contributed by atoms with Gasteiger partial charge < -0.3 is 15.2 Å². The molecule has 3 rings (SSSR count). The lowest BCUT2D eigenvalue weighted by Crippen LogP contribution is -2.26. The fourth-order valence-corrected chi connectivity index (χ4v) is 3.19. The minimum Gasteiger partial charge on any atom is -0.470 e. The van der Waals surface area contributed by atoms with E-state index in [0.717, 1.165) is 12.8 Å². The van der Waals surface area contributed by atoms with Gasteiger partial charge in [-0.15, -0.1) is 0 Å². The summed E-state index contributed by atoms with van der Waals surface area (Å²) in [5, 5.41) is 18.1. The molecule has 0 saturated heterocycles. The molecule has 1 heterocycles. The first-order valence-electron chi connectivity index (χ1n) is 7.60. The zero-order valence-electron chi connectivity index (χ0n) is 13.1. The van der Waals surface area contributed by atoms with Gasteiger partial charge in [-0.25, -0.2) is 18.5 Å². The number of aromatic nitrogens is 2. The summed E-state index contributed by atoms with van der Waals surface area (Å²) in [6.07, 6.45) is 2.83. The molecule has 10 heteroatoms. The van der Waals surface area contributed by atoms with Crippen LogP contribution in [0.2, 0.25) is 5.02 Å². The van der Waals surface area contributed by atoms with Crippen molar-refractivity contribution in [1.82, 2.24) is 9.97 Å². The Morgan fingerprint density at radius 1 is 1.28 bits per heavy atom. The van der Waals surface area contributed by atoms with E-state index in [9.17, 15) is 13.5 Å². The highest BCUT2D eigenvalue weighted by Gasteiger charge is 2.28. The Morgan fingerprint density at radius 3 is 2.60 bits per heavy atom. The summed E-state index contributed by atoms with van der Waals surface area (Å²) in [7, 11) is -3.74. The molecule has 25 heavy (non-hydrogen) atoms. The topological polar surface area (TPSA) is 127 Å². The molecule has 8 nitrogen and oxygen atoms in total. The molecule has 0 bridgehead atoms. The number of sulfonamides is 1. The van der Waals surface area contributed by atoms with Crippen LogP contribution in [0.4, 0.5) is 11.6 Å². The molecule has 0 unspecified atom stereocenters. The predicted octanol–water partition coefficient (Wildman–Crippen LogP) is 1.81. The Balaban J connectivity index is 1.75. The van der Waals surface area contributed by atoms with Crippen LogP contribution in [-0.2, 0) is 10.0 Å². The molecule has 2 aromatic rings. The van der Waals surface area contributed by atoms with Gasteiger partial charge in [-0.05, 0) is 43.5 Å². The van der Waals surface area contributed by atoms with E-state index in [1.54, 1.807) is 12.1 Å². The minimum absolute atomic E-state index is 0.00863. The largest absolute Gasteiger partial charge is 0.470 e. The smallest absolute Gasteiger partial charge is 0.238 e. The van der Waals surface area contributed by atoms with Crippen molar-refractivity contribution in [2.24, 2.45) is 5.14 Å². The number of anilines is 2. The lowest BCUT2D eigenvalue weighted by atomic mass is 10.3. The van der Waals surface area contributed by atoms with Crippen molar-refractivity contribution in [3.63, 3.8) is 0 Å². The highest BCUT2D eigenvalue weighted by molar-refractivity contribution is 7.89. The highest BCUT2D eigenvalue weighted by atomic mass is 35.5. The van der Waals surface area contributed by atoms with E-state index < -0.39 is 16.1 Å². The summed E-state index contributed by atoms with van der Waals surface area (Å²) in [4.78, 5) is 8.27. The van der Waals surface area contributed by atoms with Crippen molar-refractivity contribution >= 4 is 33.3 Å². The fourth-order valence-electron chi connectivity index (χ4n) is 2.54. The van der Waals surface area contributed by atoms with Crippen molar-refractivity contribution in [2.75, 3.05) is 5.32 Å². The Labute approximate surface area is 150 Å². The summed E-state index contributed by atoms with van der Waals surface area (Å²) >= 11 is 6.06. The molecule has 0 aliphatic heterocycles. The number of aliphatic hydroxyl groups is 1. The molecule has 1 aliphatic carbocycles. The van der Waals surface area contributed by atoms with Crippen molar-refractivity contribution in [3.05, 3.63) is 35.5 Å². The molecule has 1 aromatic carbocycles. The third kappa shape index (κ3) is 4.37. The number of hydrogen-bond donors (Lipinski definition) is 3. The maximum absolute atomic E-state index is 11.3. The molecule has 134 valence electrons. The van der Waals surface area contributed by atoms with E-state index in [1.165, 1.54) is 18.3 Å². The second-order valence-electron chi connectivity index (χ2n) is 5.70. The normalized spacial score (nSPS) is 20.4. The average Bonchev–Trinajstić information content (AvgIpc) is 2.95. The summed E-state index contributed by atoms with van der Waals surface area (Å²) in [5.41, 5.74) is 0.571. The van der Waals surface area contributed by atoms with Crippen LogP contribution < -0.4 is 15.2 Å². The minimum atomic E-state index is -3.74. The number of nitrogens with zero attached hydrogens (tertiary/aromatic N) is 2. The SMILES string of the molecule is NS(=O)(=O)c1ccc(Nc2ncc(Cl)c(O[C@H]3CCC[C@H]3O)n2)cc1. The van der Waals surface area contributed by atoms with E-state index in [1.807, 2.05) is 0 Å². The molecule has 1 aromatic heterocycles. The molecule has 1 saturated carbocycles. The first-order chi connectivity index (χ1) is 11.8. The number of halogens is 1. The van der Waals surface area contributed by atoms with Crippen LogP contribution in [0.15, 0.2) is 35.4 Å². The number of aliphatic hydroxyl groups excluding tert-OH is 1. The fraction of sp³-hybridized carbons (Fsp3) is 0.333. The van der Waals surface area contributed by atoms with Gasteiger partial charge in [-0.3, -0.25) is 0 Å². The quantitative estimate of drug-likeness (QED) is 0.717. The zero-order chi connectivity index (χ0) is 18.0. The van der Waals surface area contributed by atoms with Gasteiger partial charge in [0.2, 0.25) is 21.9 Å². The highest BCUT2D eigenvalue weighted by Crippen LogP contribution is 2.29. The van der Waals surface area contributed by atoms with Crippen LogP contribution in [0, 0.1) is 0 Å². The van der Waals surface area contributed by atoms with E-state index in [-0.39, 0.29) is 27.9 Å². The van der Waals surface area contributed by atoms with Crippen molar-refractivity contribution < 1.29 is 18.3 Å². The van der Waals surface area contributed by atoms with Gasteiger partial charge in [0.25, 0.3) is 0 Å². The van der Waals surface area contributed by atoms with E-state index in [2.05, 4.69) is 15.3 Å². The first kappa shape index (κ1) is 17.9. The number of primary sulfonamides is 1. The Hall–Kier alpha value is -1.94. The lowest BCUT2D eigenvalue weighted by molar-refractivity contribution is 0.0575.